The topological polar surface area (TPSA) is 47.9 Å². The van der Waals surface area contributed by atoms with Crippen LogP contribution in [0.25, 0.3) is 0 Å². The quantitative estimate of drug-likeness (QED) is 0.414. The fourth-order valence-corrected chi connectivity index (χ4v) is 1.22. The number of hydrogen-bond acceptors (Lipinski definition) is 4. The van der Waals surface area contributed by atoms with E-state index in [1.165, 1.54) is 0 Å². The van der Waals surface area contributed by atoms with Gasteiger partial charge in [-0.15, -0.1) is 0 Å². The molecule has 0 aromatic carbocycles. The first-order chi connectivity index (χ1) is 7.85. The largest absolute Gasteiger partial charge is 0.394 e. The van der Waals surface area contributed by atoms with Crippen molar-refractivity contribution < 1.29 is 19.3 Å². The summed E-state index contributed by atoms with van der Waals surface area (Å²) in [6.07, 6.45) is 3.91. The molecule has 0 aliphatic carbocycles. The van der Waals surface area contributed by atoms with Gasteiger partial charge >= 0.3 is 0 Å². The number of aliphatic hydroxyl groups excluding tert-OH is 1. The standard InChI is InChI=1S/C12H26O4/c1-3-5-8-14-10-11-16-12(6-4-2)15-9-7-13/h12-13H,3-11H2,1-2H3. The third-order valence-corrected chi connectivity index (χ3v) is 2.09. The molecule has 98 valence electrons. The summed E-state index contributed by atoms with van der Waals surface area (Å²) in [6.45, 7) is 6.56. The van der Waals surface area contributed by atoms with E-state index in [1.54, 1.807) is 0 Å². The predicted octanol–water partition coefficient (Wildman–Crippen LogP) is 1.95. The first-order valence-electron chi connectivity index (χ1n) is 6.26. The lowest BCUT2D eigenvalue weighted by molar-refractivity contribution is -0.158. The molecule has 0 aromatic rings. The zero-order chi connectivity index (χ0) is 12.1. The minimum absolute atomic E-state index is 0.0383. The number of unbranched alkanes of at least 4 members (excludes halogenated alkanes) is 1. The number of rotatable bonds is 12. The Morgan fingerprint density at radius 1 is 0.938 bits per heavy atom. The van der Waals surface area contributed by atoms with Crippen LogP contribution in [0.4, 0.5) is 0 Å². The molecule has 1 N–H and O–H groups in total. The smallest absolute Gasteiger partial charge is 0.157 e. The molecule has 0 aliphatic heterocycles. The zero-order valence-corrected chi connectivity index (χ0v) is 10.6. The third kappa shape index (κ3) is 10.4. The van der Waals surface area contributed by atoms with Crippen LogP contribution in [-0.4, -0.2) is 44.4 Å². The van der Waals surface area contributed by atoms with Crippen molar-refractivity contribution in [2.75, 3.05) is 33.0 Å². The molecule has 0 aromatic heterocycles. The minimum atomic E-state index is -0.202. The van der Waals surface area contributed by atoms with E-state index in [1.807, 2.05) is 0 Å². The molecule has 4 heteroatoms. The molecule has 0 spiro atoms. The predicted molar refractivity (Wildman–Crippen MR) is 63.4 cm³/mol. The lowest BCUT2D eigenvalue weighted by Crippen LogP contribution is -2.21. The Morgan fingerprint density at radius 2 is 1.69 bits per heavy atom. The highest BCUT2D eigenvalue weighted by molar-refractivity contribution is 4.44. The van der Waals surface area contributed by atoms with Crippen molar-refractivity contribution in [2.45, 2.75) is 45.8 Å². The Kier molecular flexibility index (Phi) is 12.8. The van der Waals surface area contributed by atoms with Crippen molar-refractivity contribution >= 4 is 0 Å². The number of aliphatic hydroxyl groups is 1. The van der Waals surface area contributed by atoms with Crippen LogP contribution in [0.15, 0.2) is 0 Å². The van der Waals surface area contributed by atoms with E-state index in [4.69, 9.17) is 19.3 Å². The third-order valence-electron chi connectivity index (χ3n) is 2.09. The average Bonchev–Trinajstić information content (AvgIpc) is 2.30. The van der Waals surface area contributed by atoms with Gasteiger partial charge in [-0.3, -0.25) is 0 Å². The molecule has 0 bridgehead atoms. The maximum absolute atomic E-state index is 8.65. The van der Waals surface area contributed by atoms with Crippen molar-refractivity contribution in [3.63, 3.8) is 0 Å². The molecule has 4 nitrogen and oxygen atoms in total. The molecule has 0 saturated carbocycles. The monoisotopic (exact) mass is 234 g/mol. The fraction of sp³-hybridized carbons (Fsp3) is 1.00. The van der Waals surface area contributed by atoms with Crippen LogP contribution >= 0.6 is 0 Å². The summed E-state index contributed by atoms with van der Waals surface area (Å²) in [7, 11) is 0. The second kappa shape index (κ2) is 12.9. The van der Waals surface area contributed by atoms with Gasteiger partial charge in [0.15, 0.2) is 6.29 Å². The highest BCUT2D eigenvalue weighted by Gasteiger charge is 2.07. The molecule has 0 fully saturated rings. The molecular formula is C12H26O4. The van der Waals surface area contributed by atoms with E-state index < -0.39 is 0 Å². The molecule has 0 aliphatic rings. The summed E-state index contributed by atoms with van der Waals surface area (Å²) in [5.74, 6) is 0. The van der Waals surface area contributed by atoms with Crippen LogP contribution in [0.2, 0.25) is 0 Å². The van der Waals surface area contributed by atoms with E-state index in [-0.39, 0.29) is 12.9 Å². The van der Waals surface area contributed by atoms with Crippen LogP contribution in [0.3, 0.4) is 0 Å². The Bertz CT molecular complexity index is 130. The molecule has 0 saturated heterocycles. The second-order valence-electron chi connectivity index (χ2n) is 3.65. The number of ether oxygens (including phenoxy) is 3. The molecule has 0 radical (unpaired) electrons. The summed E-state index contributed by atoms with van der Waals surface area (Å²) in [4.78, 5) is 0. The first-order valence-corrected chi connectivity index (χ1v) is 6.26. The molecule has 1 atom stereocenters. The van der Waals surface area contributed by atoms with Crippen molar-refractivity contribution in [1.29, 1.82) is 0 Å². The van der Waals surface area contributed by atoms with Gasteiger partial charge in [-0.05, 0) is 12.8 Å². The van der Waals surface area contributed by atoms with E-state index in [0.29, 0.717) is 19.8 Å². The molecular weight excluding hydrogens is 208 g/mol. The van der Waals surface area contributed by atoms with Gasteiger partial charge in [0.1, 0.15) is 0 Å². The SMILES string of the molecule is CCCCOCCOC(CCC)OCCO. The van der Waals surface area contributed by atoms with Gasteiger partial charge < -0.3 is 19.3 Å². The van der Waals surface area contributed by atoms with E-state index in [9.17, 15) is 0 Å². The summed E-state index contributed by atoms with van der Waals surface area (Å²) >= 11 is 0. The molecule has 0 rings (SSSR count). The Hall–Kier alpha value is -0.160. The fourth-order valence-electron chi connectivity index (χ4n) is 1.22. The van der Waals surface area contributed by atoms with Gasteiger partial charge in [0.2, 0.25) is 0 Å². The maximum Gasteiger partial charge on any atom is 0.157 e. The van der Waals surface area contributed by atoms with Gasteiger partial charge in [0.05, 0.1) is 26.4 Å². The Morgan fingerprint density at radius 3 is 2.31 bits per heavy atom. The van der Waals surface area contributed by atoms with Crippen molar-refractivity contribution in [3.8, 4) is 0 Å². The lowest BCUT2D eigenvalue weighted by atomic mass is 10.3. The summed E-state index contributed by atoms with van der Waals surface area (Å²) in [6, 6.07) is 0. The first kappa shape index (κ1) is 15.8. The van der Waals surface area contributed by atoms with Crippen LogP contribution in [-0.2, 0) is 14.2 Å². The van der Waals surface area contributed by atoms with Crippen molar-refractivity contribution in [3.05, 3.63) is 0 Å². The van der Waals surface area contributed by atoms with E-state index in [0.717, 1.165) is 32.3 Å². The van der Waals surface area contributed by atoms with Gasteiger partial charge in [-0.2, -0.15) is 0 Å². The number of hydrogen-bond donors (Lipinski definition) is 1. The Balaban J connectivity index is 3.36. The van der Waals surface area contributed by atoms with Gasteiger partial charge in [0, 0.05) is 6.61 Å². The van der Waals surface area contributed by atoms with E-state index in [2.05, 4.69) is 13.8 Å². The summed E-state index contributed by atoms with van der Waals surface area (Å²) in [5, 5.41) is 8.65. The normalized spacial score (nSPS) is 12.9. The lowest BCUT2D eigenvalue weighted by Gasteiger charge is -2.17. The second-order valence-corrected chi connectivity index (χ2v) is 3.65. The van der Waals surface area contributed by atoms with Crippen LogP contribution in [0, 0.1) is 0 Å². The van der Waals surface area contributed by atoms with Crippen molar-refractivity contribution in [1.82, 2.24) is 0 Å². The minimum Gasteiger partial charge on any atom is -0.394 e. The Labute approximate surface area is 98.9 Å². The molecule has 16 heavy (non-hydrogen) atoms. The van der Waals surface area contributed by atoms with Crippen LogP contribution in [0.1, 0.15) is 39.5 Å². The average molecular weight is 234 g/mol. The van der Waals surface area contributed by atoms with Crippen LogP contribution in [0.5, 0.6) is 0 Å². The molecule has 0 heterocycles. The van der Waals surface area contributed by atoms with Gasteiger partial charge in [0.25, 0.3) is 0 Å². The highest BCUT2D eigenvalue weighted by atomic mass is 16.7. The molecule has 1 unspecified atom stereocenters. The van der Waals surface area contributed by atoms with Gasteiger partial charge in [-0.1, -0.05) is 26.7 Å². The highest BCUT2D eigenvalue weighted by Crippen LogP contribution is 2.03. The van der Waals surface area contributed by atoms with Crippen LogP contribution < -0.4 is 0 Å². The zero-order valence-electron chi connectivity index (χ0n) is 10.6. The molecule has 0 amide bonds. The van der Waals surface area contributed by atoms with E-state index >= 15 is 0 Å². The maximum atomic E-state index is 8.65. The summed E-state index contributed by atoms with van der Waals surface area (Å²) in [5.41, 5.74) is 0. The van der Waals surface area contributed by atoms with Gasteiger partial charge in [-0.25, -0.2) is 0 Å². The van der Waals surface area contributed by atoms with Crippen molar-refractivity contribution in [2.24, 2.45) is 0 Å². The summed E-state index contributed by atoms with van der Waals surface area (Å²) < 4.78 is 16.2.